The number of hydrogen-bond acceptors (Lipinski definition) is 3. The SMILES string of the molecule is CCCNc1nc(Cc2cccc(Br)c2)nc(C)c1F. The van der Waals surface area contributed by atoms with Gasteiger partial charge in [0.05, 0.1) is 5.69 Å². The second-order valence-corrected chi connectivity index (χ2v) is 5.54. The maximum Gasteiger partial charge on any atom is 0.186 e. The summed E-state index contributed by atoms with van der Waals surface area (Å²) in [7, 11) is 0. The maximum absolute atomic E-state index is 13.9. The predicted molar refractivity (Wildman–Crippen MR) is 82.5 cm³/mol. The van der Waals surface area contributed by atoms with Crippen LogP contribution in [0.5, 0.6) is 0 Å². The van der Waals surface area contributed by atoms with Crippen molar-refractivity contribution in [1.82, 2.24) is 9.97 Å². The number of aromatic nitrogens is 2. The molecule has 0 amide bonds. The van der Waals surface area contributed by atoms with Crippen LogP contribution < -0.4 is 5.32 Å². The lowest BCUT2D eigenvalue weighted by Gasteiger charge is -2.09. The van der Waals surface area contributed by atoms with Gasteiger partial charge in [0, 0.05) is 17.4 Å². The molecular formula is C15H17BrFN3. The smallest absolute Gasteiger partial charge is 0.186 e. The standard InChI is InChI=1S/C15H17BrFN3/c1-3-7-18-15-14(17)10(2)19-13(20-15)9-11-5-4-6-12(16)8-11/h4-6,8H,3,7,9H2,1-2H3,(H,18,19,20). The first kappa shape index (κ1) is 14.9. The van der Waals surface area contributed by atoms with E-state index in [9.17, 15) is 4.39 Å². The molecule has 0 aliphatic rings. The molecule has 106 valence electrons. The van der Waals surface area contributed by atoms with Crippen LogP contribution in [0.2, 0.25) is 0 Å². The zero-order valence-corrected chi connectivity index (χ0v) is 13.2. The molecule has 1 N–H and O–H groups in total. The summed E-state index contributed by atoms with van der Waals surface area (Å²) >= 11 is 3.44. The van der Waals surface area contributed by atoms with Crippen LogP contribution in [0, 0.1) is 12.7 Å². The lowest BCUT2D eigenvalue weighted by atomic mass is 10.1. The van der Waals surface area contributed by atoms with Gasteiger partial charge in [0.15, 0.2) is 11.6 Å². The van der Waals surface area contributed by atoms with Crippen LogP contribution >= 0.6 is 15.9 Å². The first-order chi connectivity index (χ1) is 9.60. The number of halogens is 2. The summed E-state index contributed by atoms with van der Waals surface area (Å²) in [6, 6.07) is 7.95. The minimum absolute atomic E-state index is 0.296. The lowest BCUT2D eigenvalue weighted by Crippen LogP contribution is -2.10. The molecule has 0 unspecified atom stereocenters. The second kappa shape index (κ2) is 6.79. The molecule has 20 heavy (non-hydrogen) atoms. The van der Waals surface area contributed by atoms with Gasteiger partial charge in [0.25, 0.3) is 0 Å². The predicted octanol–water partition coefficient (Wildman–Crippen LogP) is 4.10. The number of nitrogens with zero attached hydrogens (tertiary/aromatic N) is 2. The Morgan fingerprint density at radius 2 is 2.10 bits per heavy atom. The summed E-state index contributed by atoms with van der Waals surface area (Å²) in [5.74, 6) is 0.557. The Morgan fingerprint density at radius 1 is 1.30 bits per heavy atom. The molecule has 0 atom stereocenters. The molecule has 0 saturated heterocycles. The van der Waals surface area contributed by atoms with Crippen LogP contribution in [0.1, 0.15) is 30.4 Å². The normalized spacial score (nSPS) is 10.6. The van der Waals surface area contributed by atoms with Crippen LogP contribution in [0.3, 0.4) is 0 Å². The van der Waals surface area contributed by atoms with E-state index in [2.05, 4.69) is 31.2 Å². The van der Waals surface area contributed by atoms with Crippen molar-refractivity contribution >= 4 is 21.7 Å². The minimum atomic E-state index is -0.364. The van der Waals surface area contributed by atoms with Crippen molar-refractivity contribution in [3.63, 3.8) is 0 Å². The molecule has 5 heteroatoms. The van der Waals surface area contributed by atoms with Gasteiger partial charge in [-0.05, 0) is 31.0 Å². The van der Waals surface area contributed by atoms with E-state index >= 15 is 0 Å². The highest BCUT2D eigenvalue weighted by molar-refractivity contribution is 9.10. The largest absolute Gasteiger partial charge is 0.368 e. The highest BCUT2D eigenvalue weighted by Gasteiger charge is 2.11. The second-order valence-electron chi connectivity index (χ2n) is 4.62. The van der Waals surface area contributed by atoms with Gasteiger partial charge in [-0.25, -0.2) is 14.4 Å². The van der Waals surface area contributed by atoms with Gasteiger partial charge in [0.2, 0.25) is 0 Å². The van der Waals surface area contributed by atoms with Gasteiger partial charge >= 0.3 is 0 Å². The summed E-state index contributed by atoms with van der Waals surface area (Å²) in [6.07, 6.45) is 1.50. The van der Waals surface area contributed by atoms with Crippen molar-refractivity contribution in [2.24, 2.45) is 0 Å². The Labute approximate surface area is 126 Å². The van der Waals surface area contributed by atoms with E-state index in [4.69, 9.17) is 0 Å². The fourth-order valence-corrected chi connectivity index (χ4v) is 2.33. The Hall–Kier alpha value is -1.49. The van der Waals surface area contributed by atoms with Crippen molar-refractivity contribution in [3.05, 3.63) is 51.6 Å². The molecule has 0 fully saturated rings. The number of hydrogen-bond donors (Lipinski definition) is 1. The van der Waals surface area contributed by atoms with Gasteiger partial charge in [-0.3, -0.25) is 0 Å². The fraction of sp³-hybridized carbons (Fsp3) is 0.333. The molecule has 0 aliphatic heterocycles. The van der Waals surface area contributed by atoms with E-state index in [0.29, 0.717) is 30.3 Å². The number of aryl methyl sites for hydroxylation is 1. The topological polar surface area (TPSA) is 37.8 Å². The molecule has 2 rings (SSSR count). The Bertz CT molecular complexity index is 602. The van der Waals surface area contributed by atoms with E-state index in [1.165, 1.54) is 0 Å². The van der Waals surface area contributed by atoms with Crippen molar-refractivity contribution in [3.8, 4) is 0 Å². The highest BCUT2D eigenvalue weighted by atomic mass is 79.9. The molecule has 0 radical (unpaired) electrons. The van der Waals surface area contributed by atoms with Gasteiger partial charge in [-0.2, -0.15) is 0 Å². The molecule has 3 nitrogen and oxygen atoms in total. The third kappa shape index (κ3) is 3.76. The fourth-order valence-electron chi connectivity index (χ4n) is 1.89. The molecule has 0 spiro atoms. The molecule has 1 aromatic carbocycles. The van der Waals surface area contributed by atoms with Crippen molar-refractivity contribution in [2.45, 2.75) is 26.7 Å². The van der Waals surface area contributed by atoms with Crippen LogP contribution in [-0.4, -0.2) is 16.5 Å². The zero-order valence-electron chi connectivity index (χ0n) is 11.6. The average Bonchev–Trinajstić information content (AvgIpc) is 2.41. The third-order valence-corrected chi connectivity index (χ3v) is 3.35. The summed E-state index contributed by atoms with van der Waals surface area (Å²) < 4.78 is 14.9. The van der Waals surface area contributed by atoms with Crippen molar-refractivity contribution in [2.75, 3.05) is 11.9 Å². The monoisotopic (exact) mass is 337 g/mol. The van der Waals surface area contributed by atoms with Crippen LogP contribution in [-0.2, 0) is 6.42 Å². The Balaban J connectivity index is 2.25. The summed E-state index contributed by atoms with van der Waals surface area (Å²) in [5, 5.41) is 3.01. The van der Waals surface area contributed by atoms with Crippen LogP contribution in [0.4, 0.5) is 10.2 Å². The Morgan fingerprint density at radius 3 is 2.80 bits per heavy atom. The lowest BCUT2D eigenvalue weighted by molar-refractivity contribution is 0.600. The van der Waals surface area contributed by atoms with Crippen LogP contribution in [0.25, 0.3) is 0 Å². The quantitative estimate of drug-likeness (QED) is 0.892. The number of anilines is 1. The molecular weight excluding hydrogens is 321 g/mol. The molecule has 0 bridgehead atoms. The molecule has 2 aromatic rings. The van der Waals surface area contributed by atoms with E-state index in [1.54, 1.807) is 6.92 Å². The molecule has 0 aliphatic carbocycles. The third-order valence-electron chi connectivity index (χ3n) is 2.86. The number of benzene rings is 1. The Kier molecular flexibility index (Phi) is 5.06. The van der Waals surface area contributed by atoms with E-state index < -0.39 is 0 Å². The highest BCUT2D eigenvalue weighted by Crippen LogP contribution is 2.17. The van der Waals surface area contributed by atoms with Gasteiger partial charge < -0.3 is 5.32 Å². The summed E-state index contributed by atoms with van der Waals surface area (Å²) in [6.45, 7) is 4.39. The van der Waals surface area contributed by atoms with Crippen LogP contribution in [0.15, 0.2) is 28.7 Å². The van der Waals surface area contributed by atoms with E-state index in [1.807, 2.05) is 31.2 Å². The number of nitrogens with one attached hydrogen (secondary N) is 1. The van der Waals surface area contributed by atoms with Gasteiger partial charge in [-0.15, -0.1) is 0 Å². The molecule has 0 saturated carbocycles. The van der Waals surface area contributed by atoms with Crippen molar-refractivity contribution < 1.29 is 4.39 Å². The average molecular weight is 338 g/mol. The summed E-state index contributed by atoms with van der Waals surface area (Å²) in [4.78, 5) is 8.51. The van der Waals surface area contributed by atoms with E-state index in [-0.39, 0.29) is 5.82 Å². The zero-order chi connectivity index (χ0) is 14.5. The first-order valence-corrected chi connectivity index (χ1v) is 7.40. The summed E-state index contributed by atoms with van der Waals surface area (Å²) in [5.41, 5.74) is 1.47. The minimum Gasteiger partial charge on any atom is -0.368 e. The first-order valence-electron chi connectivity index (χ1n) is 6.61. The van der Waals surface area contributed by atoms with Gasteiger partial charge in [-0.1, -0.05) is 35.0 Å². The number of rotatable bonds is 5. The van der Waals surface area contributed by atoms with Crippen molar-refractivity contribution in [1.29, 1.82) is 0 Å². The van der Waals surface area contributed by atoms with Gasteiger partial charge in [0.1, 0.15) is 5.82 Å². The molecule has 1 aromatic heterocycles. The van der Waals surface area contributed by atoms with E-state index in [0.717, 1.165) is 16.5 Å². The maximum atomic E-state index is 13.9. The molecule has 1 heterocycles.